The molecule has 5 nitrogen and oxygen atoms in total. The number of fused-ring (bicyclic) bond motifs is 1. The molecule has 0 saturated carbocycles. The number of carbonyl (C=O) groups is 1. The van der Waals surface area contributed by atoms with E-state index in [0.717, 1.165) is 39.4 Å². The summed E-state index contributed by atoms with van der Waals surface area (Å²) in [6, 6.07) is 14.2. The number of benzene rings is 2. The Morgan fingerprint density at radius 2 is 2.00 bits per heavy atom. The molecular formula is C23H24N4OS. The lowest BCUT2D eigenvalue weighted by molar-refractivity contribution is -0.118. The molecule has 0 unspecified atom stereocenters. The molecule has 0 aliphatic carbocycles. The highest BCUT2D eigenvalue weighted by Gasteiger charge is 2.20. The minimum absolute atomic E-state index is 0.0789. The first-order chi connectivity index (χ1) is 14.1. The number of amides is 1. The van der Waals surface area contributed by atoms with Crippen LogP contribution in [0.2, 0.25) is 0 Å². The van der Waals surface area contributed by atoms with Crippen LogP contribution in [0.15, 0.2) is 61.2 Å². The zero-order valence-corrected chi connectivity index (χ0v) is 17.5. The second-order valence-electron chi connectivity index (χ2n) is 7.29. The number of rotatable bonds is 7. The third-order valence-corrected chi connectivity index (χ3v) is 5.93. The minimum Gasteiger partial charge on any atom is -0.337 e. The zero-order valence-electron chi connectivity index (χ0n) is 16.7. The summed E-state index contributed by atoms with van der Waals surface area (Å²) in [5.74, 6) is 0.0789. The van der Waals surface area contributed by atoms with Crippen LogP contribution in [0.1, 0.15) is 23.1 Å². The second kappa shape index (κ2) is 8.57. The van der Waals surface area contributed by atoms with Crippen molar-refractivity contribution in [1.29, 1.82) is 0 Å². The largest absolute Gasteiger partial charge is 0.337 e. The Kier molecular flexibility index (Phi) is 5.71. The van der Waals surface area contributed by atoms with Crippen LogP contribution >= 0.6 is 11.3 Å². The lowest BCUT2D eigenvalue weighted by Crippen LogP contribution is -2.33. The van der Waals surface area contributed by atoms with Crippen molar-refractivity contribution in [3.8, 4) is 0 Å². The molecule has 2 aromatic carbocycles. The van der Waals surface area contributed by atoms with Gasteiger partial charge in [0.1, 0.15) is 0 Å². The van der Waals surface area contributed by atoms with E-state index in [0.29, 0.717) is 13.0 Å². The maximum absolute atomic E-state index is 13.2. The molecule has 148 valence electrons. The molecule has 2 aromatic heterocycles. The molecule has 4 rings (SSSR count). The quantitative estimate of drug-likeness (QED) is 0.446. The Morgan fingerprint density at radius 3 is 2.76 bits per heavy atom. The average molecular weight is 405 g/mol. The van der Waals surface area contributed by atoms with E-state index in [1.165, 1.54) is 5.56 Å². The summed E-state index contributed by atoms with van der Waals surface area (Å²) in [6.07, 6.45) is 6.74. The zero-order chi connectivity index (χ0) is 20.2. The molecule has 4 aromatic rings. The Morgan fingerprint density at radius 1 is 1.17 bits per heavy atom. The fourth-order valence-corrected chi connectivity index (χ4v) is 4.68. The van der Waals surface area contributed by atoms with Gasteiger partial charge in [-0.05, 0) is 43.0 Å². The minimum atomic E-state index is 0.0789. The molecule has 0 aliphatic heterocycles. The molecule has 0 atom stereocenters. The first-order valence-corrected chi connectivity index (χ1v) is 10.6. The first kappa shape index (κ1) is 19.3. The van der Waals surface area contributed by atoms with Gasteiger partial charge in [-0.2, -0.15) is 0 Å². The molecule has 0 fully saturated rings. The van der Waals surface area contributed by atoms with Gasteiger partial charge >= 0.3 is 0 Å². The molecule has 2 heterocycles. The van der Waals surface area contributed by atoms with Crippen molar-refractivity contribution in [3.63, 3.8) is 0 Å². The molecule has 0 radical (unpaired) electrons. The van der Waals surface area contributed by atoms with Gasteiger partial charge in [0.15, 0.2) is 5.13 Å². The summed E-state index contributed by atoms with van der Waals surface area (Å²) in [7, 11) is 0. The highest BCUT2D eigenvalue weighted by atomic mass is 32.1. The summed E-state index contributed by atoms with van der Waals surface area (Å²) < 4.78 is 3.16. The molecule has 0 aliphatic rings. The molecule has 6 heteroatoms. The molecule has 0 N–H and O–H groups in total. The van der Waals surface area contributed by atoms with Gasteiger partial charge in [-0.3, -0.25) is 9.69 Å². The van der Waals surface area contributed by atoms with Crippen molar-refractivity contribution >= 4 is 32.6 Å². The summed E-state index contributed by atoms with van der Waals surface area (Å²) in [5, 5.41) is 0.778. The highest BCUT2D eigenvalue weighted by molar-refractivity contribution is 7.22. The number of aromatic nitrogens is 3. The highest BCUT2D eigenvalue weighted by Crippen LogP contribution is 2.32. The summed E-state index contributed by atoms with van der Waals surface area (Å²) in [5.41, 5.74) is 4.37. The first-order valence-electron chi connectivity index (χ1n) is 9.78. The van der Waals surface area contributed by atoms with Gasteiger partial charge < -0.3 is 4.57 Å². The van der Waals surface area contributed by atoms with E-state index < -0.39 is 0 Å². The smallest absolute Gasteiger partial charge is 0.233 e. The van der Waals surface area contributed by atoms with Crippen LogP contribution in [-0.2, 0) is 17.8 Å². The van der Waals surface area contributed by atoms with Crippen LogP contribution in [0.5, 0.6) is 0 Å². The number of aryl methyl sites for hydroxylation is 3. The van der Waals surface area contributed by atoms with Gasteiger partial charge in [0.2, 0.25) is 5.91 Å². The van der Waals surface area contributed by atoms with Gasteiger partial charge in [0.25, 0.3) is 0 Å². The molecule has 0 spiro atoms. The Bertz CT molecular complexity index is 1100. The lowest BCUT2D eigenvalue weighted by Gasteiger charge is -2.20. The van der Waals surface area contributed by atoms with Crippen molar-refractivity contribution in [3.05, 3.63) is 77.9 Å². The monoisotopic (exact) mass is 404 g/mol. The predicted octanol–water partition coefficient (Wildman–Crippen LogP) is 4.78. The fourth-order valence-electron chi connectivity index (χ4n) is 3.50. The number of anilines is 1. The third kappa shape index (κ3) is 4.54. The predicted molar refractivity (Wildman–Crippen MR) is 118 cm³/mol. The Labute approximate surface area is 174 Å². The normalized spacial score (nSPS) is 11.1. The number of hydrogen-bond acceptors (Lipinski definition) is 4. The van der Waals surface area contributed by atoms with E-state index in [4.69, 9.17) is 4.98 Å². The van der Waals surface area contributed by atoms with Gasteiger partial charge in [0.05, 0.1) is 23.0 Å². The molecule has 0 bridgehead atoms. The van der Waals surface area contributed by atoms with E-state index in [9.17, 15) is 4.79 Å². The summed E-state index contributed by atoms with van der Waals surface area (Å²) in [4.78, 5) is 24.0. The summed E-state index contributed by atoms with van der Waals surface area (Å²) in [6.45, 7) is 5.61. The van der Waals surface area contributed by atoms with Crippen LogP contribution in [0.4, 0.5) is 5.13 Å². The Hall–Kier alpha value is -2.99. The van der Waals surface area contributed by atoms with Crippen molar-refractivity contribution in [1.82, 2.24) is 14.5 Å². The van der Waals surface area contributed by atoms with Crippen molar-refractivity contribution in [2.75, 3.05) is 11.4 Å². The maximum atomic E-state index is 13.2. The van der Waals surface area contributed by atoms with Crippen LogP contribution in [0.25, 0.3) is 10.2 Å². The Balaban J connectivity index is 1.59. The molecule has 1 amide bonds. The summed E-state index contributed by atoms with van der Waals surface area (Å²) >= 11 is 1.60. The van der Waals surface area contributed by atoms with E-state index in [1.807, 2.05) is 46.0 Å². The van der Waals surface area contributed by atoms with E-state index in [-0.39, 0.29) is 5.91 Å². The van der Waals surface area contributed by atoms with Crippen LogP contribution in [0, 0.1) is 13.8 Å². The van der Waals surface area contributed by atoms with Crippen LogP contribution < -0.4 is 4.90 Å². The molecule has 0 saturated heterocycles. The van der Waals surface area contributed by atoms with Crippen molar-refractivity contribution in [2.24, 2.45) is 0 Å². The number of nitrogens with zero attached hydrogens (tertiary/aromatic N) is 4. The van der Waals surface area contributed by atoms with Crippen LogP contribution in [-0.4, -0.2) is 27.0 Å². The van der Waals surface area contributed by atoms with Crippen molar-refractivity contribution < 1.29 is 4.79 Å². The molecule has 29 heavy (non-hydrogen) atoms. The van der Waals surface area contributed by atoms with Gasteiger partial charge in [0, 0.05) is 25.5 Å². The number of carbonyl (C=O) groups excluding carboxylic acids is 1. The third-order valence-electron chi connectivity index (χ3n) is 4.91. The number of imidazole rings is 1. The average Bonchev–Trinajstić information content (AvgIpc) is 3.35. The van der Waals surface area contributed by atoms with E-state index in [2.05, 4.69) is 31.0 Å². The SMILES string of the molecule is Cc1cc(C)c2nc(N(CCCn3ccnc3)C(=O)Cc3ccccc3)sc2c1. The second-order valence-corrected chi connectivity index (χ2v) is 8.30. The van der Waals surface area contributed by atoms with Gasteiger partial charge in [-0.15, -0.1) is 0 Å². The maximum Gasteiger partial charge on any atom is 0.233 e. The molecular weight excluding hydrogens is 380 g/mol. The standard InChI is InChI=1S/C23H24N4OS/c1-17-13-18(2)22-20(14-17)29-23(25-22)27(11-6-10-26-12-9-24-16-26)21(28)15-19-7-4-3-5-8-19/h3-5,7-9,12-14,16H,6,10-11,15H2,1-2H3. The van der Waals surface area contributed by atoms with Gasteiger partial charge in [-0.25, -0.2) is 9.97 Å². The number of hydrogen-bond donors (Lipinski definition) is 0. The van der Waals surface area contributed by atoms with Crippen molar-refractivity contribution in [2.45, 2.75) is 33.2 Å². The topological polar surface area (TPSA) is 51.0 Å². The fraction of sp³-hybridized carbons (Fsp3) is 0.261. The number of thiazole rings is 1. The lowest BCUT2D eigenvalue weighted by atomic mass is 10.1. The van der Waals surface area contributed by atoms with E-state index in [1.54, 1.807) is 23.9 Å². The van der Waals surface area contributed by atoms with E-state index >= 15 is 0 Å². The van der Waals surface area contributed by atoms with Crippen LogP contribution in [0.3, 0.4) is 0 Å². The van der Waals surface area contributed by atoms with Gasteiger partial charge in [-0.1, -0.05) is 47.7 Å².